The van der Waals surface area contributed by atoms with Crippen LogP contribution in [0.5, 0.6) is 0 Å². The lowest BCUT2D eigenvalue weighted by Gasteiger charge is -2.38. The highest BCUT2D eigenvalue weighted by Gasteiger charge is 2.32. The number of rotatable bonds is 9. The molecule has 0 aromatic carbocycles. The van der Waals surface area contributed by atoms with Crippen molar-refractivity contribution in [2.75, 3.05) is 39.5 Å². The summed E-state index contributed by atoms with van der Waals surface area (Å²) in [5.74, 6) is 0.584. The lowest BCUT2D eigenvalue weighted by Crippen LogP contribution is -2.59. The highest BCUT2D eigenvalue weighted by Crippen LogP contribution is 2.14. The number of hydrogen-bond donors (Lipinski definition) is 2. The molecular weight excluding hydrogens is 232 g/mol. The first-order valence-electron chi connectivity index (χ1n) is 6.71. The molecule has 5 heteroatoms. The van der Waals surface area contributed by atoms with Crippen LogP contribution in [0, 0.1) is 5.92 Å². The van der Waals surface area contributed by atoms with Crippen molar-refractivity contribution < 1.29 is 14.3 Å². The quantitative estimate of drug-likeness (QED) is 0.593. The van der Waals surface area contributed by atoms with Crippen LogP contribution in [-0.4, -0.2) is 51.0 Å². The standard InChI is InChI=1S/C13H26N2O3/c1-11(2)4-6-17-7-5-15-12(16)8-18-13(3)9-14-10-13/h11,14H,4-10H2,1-3H3,(H,15,16). The first-order valence-corrected chi connectivity index (χ1v) is 6.71. The summed E-state index contributed by atoms with van der Waals surface area (Å²) in [6.07, 6.45) is 1.06. The summed E-state index contributed by atoms with van der Waals surface area (Å²) in [4.78, 5) is 11.5. The zero-order valence-electron chi connectivity index (χ0n) is 11.8. The van der Waals surface area contributed by atoms with Crippen LogP contribution in [0.25, 0.3) is 0 Å². The topological polar surface area (TPSA) is 59.6 Å². The van der Waals surface area contributed by atoms with Crippen LogP contribution in [0.4, 0.5) is 0 Å². The first kappa shape index (κ1) is 15.4. The Morgan fingerprint density at radius 2 is 2.11 bits per heavy atom. The van der Waals surface area contributed by atoms with E-state index in [1.54, 1.807) is 0 Å². The van der Waals surface area contributed by atoms with E-state index in [9.17, 15) is 4.79 Å². The predicted molar refractivity (Wildman–Crippen MR) is 70.5 cm³/mol. The molecule has 18 heavy (non-hydrogen) atoms. The zero-order chi connectivity index (χ0) is 13.4. The van der Waals surface area contributed by atoms with Crippen LogP contribution in [0.2, 0.25) is 0 Å². The van der Waals surface area contributed by atoms with Gasteiger partial charge in [0, 0.05) is 26.2 Å². The predicted octanol–water partition coefficient (Wildman–Crippen LogP) is 0.544. The van der Waals surface area contributed by atoms with Crippen molar-refractivity contribution in [2.45, 2.75) is 32.8 Å². The largest absolute Gasteiger partial charge is 0.380 e. The molecule has 1 fully saturated rings. The van der Waals surface area contributed by atoms with Gasteiger partial charge in [0.1, 0.15) is 6.61 Å². The normalized spacial score (nSPS) is 17.6. The van der Waals surface area contributed by atoms with Gasteiger partial charge in [-0.15, -0.1) is 0 Å². The van der Waals surface area contributed by atoms with Gasteiger partial charge in [-0.2, -0.15) is 0 Å². The van der Waals surface area contributed by atoms with Crippen LogP contribution in [-0.2, 0) is 14.3 Å². The van der Waals surface area contributed by atoms with Gasteiger partial charge in [-0.05, 0) is 19.3 Å². The van der Waals surface area contributed by atoms with Gasteiger partial charge in [-0.25, -0.2) is 0 Å². The molecule has 0 unspecified atom stereocenters. The van der Waals surface area contributed by atoms with Crippen molar-refractivity contribution in [3.8, 4) is 0 Å². The number of amides is 1. The molecule has 0 bridgehead atoms. The fraction of sp³-hybridized carbons (Fsp3) is 0.923. The summed E-state index contributed by atoms with van der Waals surface area (Å²) in [6.45, 7) is 9.98. The fourth-order valence-electron chi connectivity index (χ4n) is 1.55. The third-order valence-corrected chi connectivity index (χ3v) is 2.96. The molecule has 0 spiro atoms. The Bertz CT molecular complexity index is 253. The van der Waals surface area contributed by atoms with E-state index in [0.717, 1.165) is 26.1 Å². The maximum absolute atomic E-state index is 11.5. The van der Waals surface area contributed by atoms with Crippen LogP contribution >= 0.6 is 0 Å². The molecule has 106 valence electrons. The number of nitrogens with one attached hydrogen (secondary N) is 2. The van der Waals surface area contributed by atoms with E-state index in [1.165, 1.54) is 0 Å². The highest BCUT2D eigenvalue weighted by atomic mass is 16.5. The summed E-state index contributed by atoms with van der Waals surface area (Å²) >= 11 is 0. The van der Waals surface area contributed by atoms with Gasteiger partial charge >= 0.3 is 0 Å². The maximum Gasteiger partial charge on any atom is 0.246 e. The van der Waals surface area contributed by atoms with E-state index in [2.05, 4.69) is 24.5 Å². The van der Waals surface area contributed by atoms with Crippen molar-refractivity contribution in [1.82, 2.24) is 10.6 Å². The molecule has 0 aliphatic carbocycles. The number of ether oxygens (including phenoxy) is 2. The molecule has 1 amide bonds. The summed E-state index contributed by atoms with van der Waals surface area (Å²) < 4.78 is 10.9. The Kier molecular flexibility index (Phi) is 6.60. The van der Waals surface area contributed by atoms with E-state index < -0.39 is 0 Å². The molecule has 1 saturated heterocycles. The average molecular weight is 258 g/mol. The summed E-state index contributed by atoms with van der Waals surface area (Å²) in [7, 11) is 0. The summed E-state index contributed by atoms with van der Waals surface area (Å²) in [5.41, 5.74) is -0.162. The van der Waals surface area contributed by atoms with Gasteiger partial charge in [-0.3, -0.25) is 4.79 Å². The molecule has 5 nitrogen and oxygen atoms in total. The Balaban J connectivity index is 1.90. The monoisotopic (exact) mass is 258 g/mol. The fourth-order valence-corrected chi connectivity index (χ4v) is 1.55. The first-order chi connectivity index (χ1) is 8.52. The molecule has 1 rings (SSSR count). The van der Waals surface area contributed by atoms with E-state index in [1.807, 2.05) is 6.92 Å². The molecular formula is C13H26N2O3. The third-order valence-electron chi connectivity index (χ3n) is 2.96. The van der Waals surface area contributed by atoms with Crippen molar-refractivity contribution in [2.24, 2.45) is 5.92 Å². The molecule has 0 atom stereocenters. The summed E-state index contributed by atoms with van der Waals surface area (Å²) in [6, 6.07) is 0. The molecule has 1 heterocycles. The van der Waals surface area contributed by atoms with Crippen LogP contribution in [0.15, 0.2) is 0 Å². The maximum atomic E-state index is 11.5. The van der Waals surface area contributed by atoms with Crippen LogP contribution in [0.3, 0.4) is 0 Å². The van der Waals surface area contributed by atoms with Crippen LogP contribution < -0.4 is 10.6 Å². The van der Waals surface area contributed by atoms with Crippen molar-refractivity contribution in [1.29, 1.82) is 0 Å². The van der Waals surface area contributed by atoms with Gasteiger partial charge in [0.25, 0.3) is 0 Å². The van der Waals surface area contributed by atoms with Gasteiger partial charge in [-0.1, -0.05) is 13.8 Å². The van der Waals surface area contributed by atoms with E-state index >= 15 is 0 Å². The number of hydrogen-bond acceptors (Lipinski definition) is 4. The van der Waals surface area contributed by atoms with Crippen molar-refractivity contribution in [3.63, 3.8) is 0 Å². The van der Waals surface area contributed by atoms with Gasteiger partial charge in [0.2, 0.25) is 5.91 Å². The second-order valence-corrected chi connectivity index (χ2v) is 5.49. The Labute approximate surface area is 110 Å². The molecule has 0 saturated carbocycles. The minimum absolute atomic E-state index is 0.0735. The second kappa shape index (κ2) is 7.71. The Morgan fingerprint density at radius 3 is 2.67 bits per heavy atom. The minimum Gasteiger partial charge on any atom is -0.380 e. The molecule has 0 aromatic heterocycles. The average Bonchev–Trinajstić information content (AvgIpc) is 2.28. The second-order valence-electron chi connectivity index (χ2n) is 5.49. The molecule has 0 aromatic rings. The van der Waals surface area contributed by atoms with Gasteiger partial charge in [0.15, 0.2) is 0 Å². The van der Waals surface area contributed by atoms with Crippen molar-refractivity contribution in [3.05, 3.63) is 0 Å². The number of carbonyl (C=O) groups is 1. The van der Waals surface area contributed by atoms with Gasteiger partial charge in [0.05, 0.1) is 12.2 Å². The summed E-state index contributed by atoms with van der Waals surface area (Å²) in [5, 5.41) is 5.91. The molecule has 0 radical (unpaired) electrons. The number of carbonyl (C=O) groups excluding carboxylic acids is 1. The van der Waals surface area contributed by atoms with E-state index in [-0.39, 0.29) is 18.1 Å². The van der Waals surface area contributed by atoms with E-state index in [4.69, 9.17) is 9.47 Å². The zero-order valence-corrected chi connectivity index (χ0v) is 11.8. The minimum atomic E-state index is -0.162. The molecule has 1 aliphatic heterocycles. The third kappa shape index (κ3) is 6.33. The lowest BCUT2D eigenvalue weighted by molar-refractivity contribution is -0.136. The SMILES string of the molecule is CC(C)CCOCCNC(=O)COC1(C)CNC1. The van der Waals surface area contributed by atoms with Gasteiger partial charge < -0.3 is 20.1 Å². The van der Waals surface area contributed by atoms with E-state index in [0.29, 0.717) is 19.1 Å². The molecule has 2 N–H and O–H groups in total. The van der Waals surface area contributed by atoms with Crippen LogP contribution in [0.1, 0.15) is 27.2 Å². The lowest BCUT2D eigenvalue weighted by atomic mass is 10.0. The molecule has 1 aliphatic rings. The van der Waals surface area contributed by atoms with Crippen molar-refractivity contribution >= 4 is 5.91 Å². The Morgan fingerprint density at radius 1 is 1.39 bits per heavy atom. The highest BCUT2D eigenvalue weighted by molar-refractivity contribution is 5.77. The Hall–Kier alpha value is -0.650. The smallest absolute Gasteiger partial charge is 0.246 e.